The largest absolute Gasteiger partial charge is 0.300 e. The first-order valence-electron chi connectivity index (χ1n) is 6.45. The topological polar surface area (TPSA) is 60.2 Å². The summed E-state index contributed by atoms with van der Waals surface area (Å²) in [5.74, 6) is 0.302. The molecule has 3 rings (SSSR count). The molecule has 5 heteroatoms. The fourth-order valence-electron chi connectivity index (χ4n) is 3.35. The highest BCUT2D eigenvalue weighted by molar-refractivity contribution is 6.22. The molecule has 2 aliphatic rings. The molecule has 1 fully saturated rings. The zero-order chi connectivity index (χ0) is 13.6. The number of rotatable bonds is 1. The van der Waals surface area contributed by atoms with E-state index < -0.39 is 0 Å². The molecular formula is C14H14ClNO3. The van der Waals surface area contributed by atoms with Gasteiger partial charge in [-0.2, -0.15) is 0 Å². The number of non-ortho nitro benzene ring substituents is 1. The van der Waals surface area contributed by atoms with Gasteiger partial charge in [-0.1, -0.05) is 6.07 Å². The van der Waals surface area contributed by atoms with Crippen LogP contribution in [0.3, 0.4) is 0 Å². The number of nitrogens with zero attached hydrogens (tertiary/aromatic N) is 1. The first kappa shape index (κ1) is 12.6. The van der Waals surface area contributed by atoms with E-state index in [0.29, 0.717) is 18.6 Å². The second-order valence-corrected chi connectivity index (χ2v) is 6.02. The molecule has 0 N–H and O–H groups in total. The molecule has 1 atom stereocenters. The molecule has 1 saturated carbocycles. The van der Waals surface area contributed by atoms with Crippen LogP contribution >= 0.6 is 11.6 Å². The van der Waals surface area contributed by atoms with Crippen molar-refractivity contribution >= 4 is 23.1 Å². The maximum Gasteiger partial charge on any atom is 0.269 e. The third kappa shape index (κ3) is 1.94. The predicted molar refractivity (Wildman–Crippen MR) is 71.3 cm³/mol. The van der Waals surface area contributed by atoms with Gasteiger partial charge in [0.2, 0.25) is 0 Å². The summed E-state index contributed by atoms with van der Waals surface area (Å²) in [4.78, 5) is 21.8. The molecule has 0 amide bonds. The van der Waals surface area contributed by atoms with Crippen LogP contribution in [-0.2, 0) is 11.2 Å². The van der Waals surface area contributed by atoms with Crippen molar-refractivity contribution in [3.8, 4) is 0 Å². The van der Waals surface area contributed by atoms with Crippen LogP contribution in [0.15, 0.2) is 18.2 Å². The number of fused-ring (bicyclic) bond motifs is 1. The van der Waals surface area contributed by atoms with Gasteiger partial charge < -0.3 is 0 Å². The Balaban J connectivity index is 1.95. The highest BCUT2D eigenvalue weighted by Crippen LogP contribution is 2.57. The third-order valence-corrected chi connectivity index (χ3v) is 5.19. The quantitative estimate of drug-likeness (QED) is 0.449. The number of carbonyl (C=O) groups excluding carboxylic acids is 1. The van der Waals surface area contributed by atoms with Crippen molar-refractivity contribution < 1.29 is 9.72 Å². The van der Waals surface area contributed by atoms with Crippen LogP contribution in [0.5, 0.6) is 0 Å². The van der Waals surface area contributed by atoms with Gasteiger partial charge in [-0.3, -0.25) is 14.9 Å². The molecule has 100 valence electrons. The van der Waals surface area contributed by atoms with Gasteiger partial charge in [0.15, 0.2) is 0 Å². The minimum atomic E-state index is -0.390. The zero-order valence-corrected chi connectivity index (χ0v) is 11.2. The van der Waals surface area contributed by atoms with Crippen LogP contribution in [0.4, 0.5) is 5.69 Å². The van der Waals surface area contributed by atoms with Crippen molar-refractivity contribution in [2.24, 2.45) is 5.41 Å². The molecule has 0 heterocycles. The van der Waals surface area contributed by atoms with E-state index in [1.807, 2.05) is 6.07 Å². The summed E-state index contributed by atoms with van der Waals surface area (Å²) >= 11 is 6.57. The van der Waals surface area contributed by atoms with Gasteiger partial charge in [0.1, 0.15) is 5.78 Å². The highest BCUT2D eigenvalue weighted by Gasteiger charge is 2.47. The Morgan fingerprint density at radius 2 is 2.00 bits per heavy atom. The standard InChI is InChI=1S/C14H14ClNO3/c15-13-12-7-10(16(18)19)2-1-9(12)8-14(13)5-3-11(17)4-6-14/h1-2,7,13H,3-6,8H2. The van der Waals surface area contributed by atoms with Crippen LogP contribution in [0.1, 0.15) is 42.2 Å². The SMILES string of the molecule is O=C1CCC2(CC1)Cc1ccc([N+](=O)[O-])cc1C2Cl. The third-order valence-electron chi connectivity index (χ3n) is 4.50. The van der Waals surface area contributed by atoms with Gasteiger partial charge in [-0.15, -0.1) is 11.6 Å². The van der Waals surface area contributed by atoms with Crippen LogP contribution in [0.25, 0.3) is 0 Å². The monoisotopic (exact) mass is 279 g/mol. The lowest BCUT2D eigenvalue weighted by Crippen LogP contribution is -2.29. The van der Waals surface area contributed by atoms with Crippen molar-refractivity contribution in [1.29, 1.82) is 0 Å². The zero-order valence-electron chi connectivity index (χ0n) is 10.4. The second kappa shape index (κ2) is 4.30. The van der Waals surface area contributed by atoms with Crippen molar-refractivity contribution in [3.05, 3.63) is 39.4 Å². The molecule has 1 aromatic rings. The summed E-state index contributed by atoms with van der Waals surface area (Å²) in [6.45, 7) is 0. The van der Waals surface area contributed by atoms with Crippen molar-refractivity contribution in [1.82, 2.24) is 0 Å². The number of nitro groups is 1. The molecule has 4 nitrogen and oxygen atoms in total. The number of nitro benzene ring substituents is 1. The number of halogens is 1. The Bertz CT molecular complexity index is 560. The van der Waals surface area contributed by atoms with Crippen molar-refractivity contribution in [3.63, 3.8) is 0 Å². The molecule has 1 unspecified atom stereocenters. The van der Waals surface area contributed by atoms with Crippen molar-refractivity contribution in [2.45, 2.75) is 37.5 Å². The molecule has 0 aliphatic heterocycles. The van der Waals surface area contributed by atoms with E-state index in [9.17, 15) is 14.9 Å². The van der Waals surface area contributed by atoms with Gasteiger partial charge in [0.25, 0.3) is 5.69 Å². The molecule has 1 spiro atoms. The van der Waals surface area contributed by atoms with E-state index in [2.05, 4.69) is 0 Å². The van der Waals surface area contributed by atoms with Crippen LogP contribution in [-0.4, -0.2) is 10.7 Å². The predicted octanol–water partition coefficient (Wildman–Crippen LogP) is 3.56. The molecule has 0 bridgehead atoms. The van der Waals surface area contributed by atoms with Gasteiger partial charge in [0, 0.05) is 25.0 Å². The van der Waals surface area contributed by atoms with Gasteiger partial charge in [0.05, 0.1) is 10.3 Å². The summed E-state index contributed by atoms with van der Waals surface area (Å²) in [5.41, 5.74) is 1.99. The number of carbonyl (C=O) groups is 1. The maximum absolute atomic E-state index is 11.4. The van der Waals surface area contributed by atoms with E-state index >= 15 is 0 Å². The number of benzene rings is 1. The Morgan fingerprint density at radius 3 is 2.63 bits per heavy atom. The average molecular weight is 280 g/mol. The minimum Gasteiger partial charge on any atom is -0.300 e. The van der Waals surface area contributed by atoms with Crippen LogP contribution in [0.2, 0.25) is 0 Å². The van der Waals surface area contributed by atoms with E-state index in [0.717, 1.165) is 30.4 Å². The number of ketones is 1. The van der Waals surface area contributed by atoms with Crippen molar-refractivity contribution in [2.75, 3.05) is 0 Å². The average Bonchev–Trinajstić information content (AvgIpc) is 2.66. The maximum atomic E-state index is 11.4. The molecule has 2 aliphatic carbocycles. The molecule has 0 saturated heterocycles. The fraction of sp³-hybridized carbons (Fsp3) is 0.500. The Labute approximate surface area is 115 Å². The normalized spacial score (nSPS) is 24.5. The van der Waals surface area contributed by atoms with Gasteiger partial charge in [-0.25, -0.2) is 0 Å². The van der Waals surface area contributed by atoms with Gasteiger partial charge in [-0.05, 0) is 35.8 Å². The number of hydrogen-bond donors (Lipinski definition) is 0. The van der Waals surface area contributed by atoms with E-state index in [-0.39, 0.29) is 21.4 Å². The van der Waals surface area contributed by atoms with E-state index in [4.69, 9.17) is 11.6 Å². The Hall–Kier alpha value is -1.42. The lowest BCUT2D eigenvalue weighted by molar-refractivity contribution is -0.384. The lowest BCUT2D eigenvalue weighted by Gasteiger charge is -2.35. The smallest absolute Gasteiger partial charge is 0.269 e. The van der Waals surface area contributed by atoms with E-state index in [1.165, 1.54) is 6.07 Å². The molecule has 1 aromatic carbocycles. The summed E-state index contributed by atoms with van der Waals surface area (Å²) < 4.78 is 0. The number of Topliss-reactive ketones (excluding diaryl/α,β-unsaturated/α-hetero) is 1. The molecule has 19 heavy (non-hydrogen) atoms. The number of hydrogen-bond acceptors (Lipinski definition) is 3. The first-order valence-corrected chi connectivity index (χ1v) is 6.88. The van der Waals surface area contributed by atoms with Crippen LogP contribution < -0.4 is 0 Å². The van der Waals surface area contributed by atoms with Crippen LogP contribution in [0, 0.1) is 15.5 Å². The van der Waals surface area contributed by atoms with Gasteiger partial charge >= 0.3 is 0 Å². The van der Waals surface area contributed by atoms with E-state index in [1.54, 1.807) is 6.07 Å². The fourth-order valence-corrected chi connectivity index (χ4v) is 3.85. The Morgan fingerprint density at radius 1 is 1.32 bits per heavy atom. The molecular weight excluding hydrogens is 266 g/mol. The Kier molecular flexibility index (Phi) is 2.86. The summed E-state index contributed by atoms with van der Waals surface area (Å²) in [6.07, 6.45) is 3.59. The first-order chi connectivity index (χ1) is 9.02. The minimum absolute atomic E-state index is 0.0764. The lowest BCUT2D eigenvalue weighted by atomic mass is 9.71. The molecule has 0 aromatic heterocycles. The number of alkyl halides is 1. The second-order valence-electron chi connectivity index (χ2n) is 5.58. The summed E-state index contributed by atoms with van der Waals surface area (Å²) in [7, 11) is 0. The highest BCUT2D eigenvalue weighted by atomic mass is 35.5. The molecule has 0 radical (unpaired) electrons. The summed E-state index contributed by atoms with van der Waals surface area (Å²) in [6, 6.07) is 4.95. The summed E-state index contributed by atoms with van der Waals surface area (Å²) in [5, 5.41) is 10.6.